The number of carbonyl (C=O) groups excluding carboxylic acids is 3. The lowest BCUT2D eigenvalue weighted by molar-refractivity contribution is -0.146. The molecule has 0 saturated carbocycles. The van der Waals surface area contributed by atoms with Crippen LogP contribution in [0.25, 0.3) is 0 Å². The number of amides is 1. The molecule has 21 heavy (non-hydrogen) atoms. The third-order valence-corrected chi connectivity index (χ3v) is 2.27. The third kappa shape index (κ3) is 6.51. The van der Waals surface area contributed by atoms with Crippen molar-refractivity contribution in [2.45, 2.75) is 33.5 Å². The molecule has 0 saturated heterocycles. The number of hydrogen-bond acceptors (Lipinski definition) is 6. The summed E-state index contributed by atoms with van der Waals surface area (Å²) in [6.45, 7) is 4.61. The molecule has 1 rings (SSSR count). The smallest absolute Gasteiger partial charge is 0.325 e. The maximum Gasteiger partial charge on any atom is 0.325 e. The number of hydrogen-bond donors (Lipinski definition) is 1. The van der Waals surface area contributed by atoms with E-state index >= 15 is 0 Å². The number of pyridine rings is 1. The lowest BCUT2D eigenvalue weighted by atomic mass is 10.2. The van der Waals surface area contributed by atoms with Crippen LogP contribution < -0.4 is 5.32 Å². The van der Waals surface area contributed by atoms with Crippen LogP contribution in [0, 0.1) is 0 Å². The van der Waals surface area contributed by atoms with Crippen molar-refractivity contribution < 1.29 is 23.9 Å². The van der Waals surface area contributed by atoms with Crippen LogP contribution in [0.2, 0.25) is 0 Å². The normalized spacial score (nSPS) is 10.1. The second-order valence-electron chi connectivity index (χ2n) is 4.54. The molecule has 7 nitrogen and oxygen atoms in total. The quantitative estimate of drug-likeness (QED) is 0.781. The Kier molecular flexibility index (Phi) is 6.32. The molecule has 7 heteroatoms. The number of carbonyl (C=O) groups is 3. The van der Waals surface area contributed by atoms with Gasteiger partial charge in [-0.05, 0) is 26.0 Å². The molecule has 1 amide bonds. The number of rotatable bonds is 6. The SMILES string of the molecule is CC(=O)OCc1ccc(C(=O)NCC(=O)OC(C)C)cn1. The standard InChI is InChI=1S/C14H18N2O5/c1-9(2)21-13(18)7-16-14(19)11-4-5-12(15-6-11)8-20-10(3)17/h4-6,9H,7-8H2,1-3H3,(H,16,19). The van der Waals surface area contributed by atoms with Gasteiger partial charge in [0.1, 0.15) is 13.2 Å². The highest BCUT2D eigenvalue weighted by molar-refractivity contribution is 5.95. The van der Waals surface area contributed by atoms with Gasteiger partial charge in [-0.1, -0.05) is 0 Å². The summed E-state index contributed by atoms with van der Waals surface area (Å²) in [6.07, 6.45) is 1.12. The first-order valence-corrected chi connectivity index (χ1v) is 6.44. The lowest BCUT2D eigenvalue weighted by Gasteiger charge is -2.09. The van der Waals surface area contributed by atoms with E-state index in [-0.39, 0.29) is 19.3 Å². The molecular formula is C14H18N2O5. The molecule has 0 bridgehead atoms. The van der Waals surface area contributed by atoms with E-state index in [2.05, 4.69) is 10.3 Å². The molecular weight excluding hydrogens is 276 g/mol. The van der Waals surface area contributed by atoms with Crippen molar-refractivity contribution in [3.8, 4) is 0 Å². The van der Waals surface area contributed by atoms with Gasteiger partial charge in [-0.3, -0.25) is 19.4 Å². The molecule has 0 aliphatic rings. The Bertz CT molecular complexity index is 511. The fraction of sp³-hybridized carbons (Fsp3) is 0.429. The molecule has 114 valence electrons. The van der Waals surface area contributed by atoms with Gasteiger partial charge in [-0.15, -0.1) is 0 Å². The minimum Gasteiger partial charge on any atom is -0.462 e. The first-order valence-electron chi connectivity index (χ1n) is 6.44. The zero-order valence-electron chi connectivity index (χ0n) is 12.2. The average molecular weight is 294 g/mol. The van der Waals surface area contributed by atoms with Gasteiger partial charge in [-0.25, -0.2) is 0 Å². The van der Waals surface area contributed by atoms with Crippen molar-refractivity contribution in [3.63, 3.8) is 0 Å². The molecule has 0 aromatic carbocycles. The van der Waals surface area contributed by atoms with E-state index in [0.29, 0.717) is 11.3 Å². The zero-order valence-corrected chi connectivity index (χ0v) is 12.2. The van der Waals surface area contributed by atoms with Gasteiger partial charge in [0, 0.05) is 13.1 Å². The molecule has 1 N–H and O–H groups in total. The summed E-state index contributed by atoms with van der Waals surface area (Å²) < 4.78 is 9.67. The van der Waals surface area contributed by atoms with Crippen molar-refractivity contribution in [3.05, 3.63) is 29.6 Å². The van der Waals surface area contributed by atoms with Crippen LogP contribution in [0.4, 0.5) is 0 Å². The van der Waals surface area contributed by atoms with Crippen molar-refractivity contribution in [1.82, 2.24) is 10.3 Å². The minimum atomic E-state index is -0.502. The van der Waals surface area contributed by atoms with Gasteiger partial charge < -0.3 is 14.8 Å². The van der Waals surface area contributed by atoms with Crippen LogP contribution in [0.3, 0.4) is 0 Å². The van der Waals surface area contributed by atoms with Crippen LogP contribution in [0.5, 0.6) is 0 Å². The Morgan fingerprint density at radius 2 is 2.00 bits per heavy atom. The maximum absolute atomic E-state index is 11.8. The van der Waals surface area contributed by atoms with Gasteiger partial charge >= 0.3 is 11.9 Å². The van der Waals surface area contributed by atoms with Gasteiger partial charge in [-0.2, -0.15) is 0 Å². The number of aromatic nitrogens is 1. The Hall–Kier alpha value is -2.44. The predicted octanol–water partition coefficient (Wildman–Crippen LogP) is 0.826. The molecule has 0 radical (unpaired) electrons. The molecule has 0 aliphatic carbocycles. The number of ether oxygens (including phenoxy) is 2. The fourth-order valence-electron chi connectivity index (χ4n) is 1.38. The van der Waals surface area contributed by atoms with Crippen LogP contribution >= 0.6 is 0 Å². The molecule has 1 heterocycles. The van der Waals surface area contributed by atoms with E-state index in [1.807, 2.05) is 0 Å². The van der Waals surface area contributed by atoms with Gasteiger partial charge in [0.05, 0.1) is 17.4 Å². The maximum atomic E-state index is 11.8. The Balaban J connectivity index is 2.47. The molecule has 0 atom stereocenters. The summed E-state index contributed by atoms with van der Waals surface area (Å²) in [6, 6.07) is 3.11. The highest BCUT2D eigenvalue weighted by Gasteiger charge is 2.10. The Labute approximate surface area is 122 Å². The topological polar surface area (TPSA) is 94.6 Å². The fourth-order valence-corrected chi connectivity index (χ4v) is 1.38. The predicted molar refractivity (Wildman–Crippen MR) is 73.3 cm³/mol. The average Bonchev–Trinajstić information content (AvgIpc) is 2.42. The summed E-state index contributed by atoms with van der Waals surface area (Å²) in [5.74, 6) is -1.33. The summed E-state index contributed by atoms with van der Waals surface area (Å²) in [7, 11) is 0. The highest BCUT2D eigenvalue weighted by Crippen LogP contribution is 2.02. The summed E-state index contributed by atoms with van der Waals surface area (Å²) in [4.78, 5) is 37.7. The van der Waals surface area contributed by atoms with Crippen LogP contribution in [-0.2, 0) is 25.7 Å². The highest BCUT2D eigenvalue weighted by atomic mass is 16.5. The van der Waals surface area contributed by atoms with Crippen LogP contribution in [0.1, 0.15) is 36.8 Å². The van der Waals surface area contributed by atoms with Crippen LogP contribution in [-0.4, -0.2) is 35.5 Å². The van der Waals surface area contributed by atoms with Gasteiger partial charge in [0.2, 0.25) is 0 Å². The van der Waals surface area contributed by atoms with Crippen LogP contribution in [0.15, 0.2) is 18.3 Å². The minimum absolute atomic E-state index is 0.0535. The Morgan fingerprint density at radius 3 is 2.52 bits per heavy atom. The second-order valence-corrected chi connectivity index (χ2v) is 4.54. The lowest BCUT2D eigenvalue weighted by Crippen LogP contribution is -2.31. The van der Waals surface area contributed by atoms with Gasteiger partial charge in [0.25, 0.3) is 5.91 Å². The first kappa shape index (κ1) is 16.6. The largest absolute Gasteiger partial charge is 0.462 e. The number of esters is 2. The molecule has 0 unspecified atom stereocenters. The van der Waals surface area contributed by atoms with E-state index in [1.54, 1.807) is 19.9 Å². The molecule has 0 fully saturated rings. The molecule has 0 aliphatic heterocycles. The molecule has 0 spiro atoms. The van der Waals surface area contributed by atoms with E-state index in [0.717, 1.165) is 0 Å². The number of nitrogens with one attached hydrogen (secondary N) is 1. The van der Waals surface area contributed by atoms with E-state index in [1.165, 1.54) is 19.2 Å². The second kappa shape index (κ2) is 7.98. The monoisotopic (exact) mass is 294 g/mol. The van der Waals surface area contributed by atoms with Crippen molar-refractivity contribution in [1.29, 1.82) is 0 Å². The van der Waals surface area contributed by atoms with E-state index < -0.39 is 17.8 Å². The summed E-state index contributed by atoms with van der Waals surface area (Å²) in [5.41, 5.74) is 0.833. The molecule has 1 aromatic heterocycles. The van der Waals surface area contributed by atoms with E-state index in [9.17, 15) is 14.4 Å². The summed E-state index contributed by atoms with van der Waals surface area (Å²) >= 11 is 0. The van der Waals surface area contributed by atoms with Gasteiger partial charge in [0.15, 0.2) is 0 Å². The van der Waals surface area contributed by atoms with E-state index in [4.69, 9.17) is 9.47 Å². The zero-order chi connectivity index (χ0) is 15.8. The summed E-state index contributed by atoms with van der Waals surface area (Å²) in [5, 5.41) is 2.43. The van der Waals surface area contributed by atoms with Crippen molar-refractivity contribution in [2.24, 2.45) is 0 Å². The molecule has 1 aromatic rings. The first-order chi connectivity index (χ1) is 9.88. The van der Waals surface area contributed by atoms with Crippen molar-refractivity contribution >= 4 is 17.8 Å². The Morgan fingerprint density at radius 1 is 1.29 bits per heavy atom. The third-order valence-electron chi connectivity index (χ3n) is 2.27. The van der Waals surface area contributed by atoms with Crippen molar-refractivity contribution in [2.75, 3.05) is 6.54 Å². The number of nitrogens with zero attached hydrogens (tertiary/aromatic N) is 1.